The van der Waals surface area contributed by atoms with Gasteiger partial charge in [0.1, 0.15) is 10.7 Å². The molecule has 76 heavy (non-hydrogen) atoms. The number of piperazine rings is 2. The van der Waals surface area contributed by atoms with E-state index in [-0.39, 0.29) is 86.4 Å². The van der Waals surface area contributed by atoms with Gasteiger partial charge in [0.05, 0.1) is 32.8 Å². The van der Waals surface area contributed by atoms with Gasteiger partial charge in [-0.2, -0.15) is 14.9 Å². The Morgan fingerprint density at radius 2 is 1.22 bits per heavy atom. The van der Waals surface area contributed by atoms with E-state index in [0.29, 0.717) is 21.0 Å². The Hall–Kier alpha value is -4.55. The Bertz CT molecular complexity index is 2560. The molecule has 2 aliphatic heterocycles. The summed E-state index contributed by atoms with van der Waals surface area (Å²) in [5, 5.41) is 7.87. The highest BCUT2D eigenvalue weighted by Gasteiger charge is 2.21. The highest BCUT2D eigenvalue weighted by Crippen LogP contribution is 2.32. The molecule has 0 bridgehead atoms. The molecule has 24 heteroatoms. The van der Waals surface area contributed by atoms with Gasteiger partial charge in [-0.15, -0.1) is 17.0 Å². The van der Waals surface area contributed by atoms with Crippen LogP contribution in [0.5, 0.6) is 11.5 Å². The summed E-state index contributed by atoms with van der Waals surface area (Å²) in [5.41, 5.74) is 16.4. The Morgan fingerprint density at radius 1 is 0.763 bits per heavy atom. The lowest BCUT2D eigenvalue weighted by molar-refractivity contribution is 0.102. The number of ketones is 2. The molecule has 1 aromatic heterocycles. The van der Waals surface area contributed by atoms with Crippen molar-refractivity contribution in [2.24, 2.45) is 10.7 Å². The van der Waals surface area contributed by atoms with Gasteiger partial charge in [-0.25, -0.2) is 13.8 Å². The van der Waals surface area contributed by atoms with Gasteiger partial charge in [0.2, 0.25) is 5.78 Å². The molecule has 7 rings (SSSR count). The van der Waals surface area contributed by atoms with Crippen molar-refractivity contribution in [3.8, 4) is 11.5 Å². The molecule has 0 aliphatic carbocycles. The van der Waals surface area contributed by atoms with E-state index < -0.39 is 11.6 Å². The van der Waals surface area contributed by atoms with Crippen LogP contribution >= 0.6 is 78.1 Å². The number of thioether (sulfide) groups is 1. The number of hydrogen-bond donors (Lipinski definition) is 4. The molecule has 2 fully saturated rings. The fourth-order valence-electron chi connectivity index (χ4n) is 7.37. The number of ether oxygens (including phenoxy) is 4. The fraction of sp³-hybridized carbons (Fsp3) is 0.404. The van der Waals surface area contributed by atoms with E-state index in [4.69, 9.17) is 42.6 Å². The maximum Gasteiger partial charge on any atom is 0.206 e. The summed E-state index contributed by atoms with van der Waals surface area (Å²) in [6.45, 7) is 13.7. The first kappa shape index (κ1) is 69.5. The molecule has 1 atom stereocenters. The zero-order chi connectivity index (χ0) is 52.0. The number of Topliss-reactive ketones (excluding diaryl/α,β-unsaturated/α-hetero) is 1. The van der Waals surface area contributed by atoms with Crippen LogP contribution in [0.25, 0.3) is 0 Å². The number of amidine groups is 1. The van der Waals surface area contributed by atoms with Crippen LogP contribution in [0.1, 0.15) is 47.4 Å². The molecule has 0 saturated carbocycles. The number of carbonyl (C=O) groups is 2. The van der Waals surface area contributed by atoms with Crippen LogP contribution in [0.15, 0.2) is 89.9 Å². The van der Waals surface area contributed by atoms with Gasteiger partial charge in [0.25, 0.3) is 0 Å². The quantitative estimate of drug-likeness (QED) is 0.0162. The van der Waals surface area contributed by atoms with Crippen molar-refractivity contribution < 1.29 is 37.3 Å². The van der Waals surface area contributed by atoms with Crippen LogP contribution < -0.4 is 41.4 Å². The molecular weight excluding hydrogens is 1190 g/mol. The summed E-state index contributed by atoms with van der Waals surface area (Å²) in [6.07, 6.45) is 0. The van der Waals surface area contributed by atoms with Gasteiger partial charge in [-0.1, -0.05) is 60.8 Å². The van der Waals surface area contributed by atoms with Crippen molar-refractivity contribution in [1.82, 2.24) is 14.8 Å². The molecule has 16 nitrogen and oxygen atoms in total. The number of methoxy groups -OCH3 is 4. The second-order valence-electron chi connectivity index (χ2n) is 16.0. The number of thiocarbonyl (C=S) groups is 1. The van der Waals surface area contributed by atoms with Gasteiger partial charge < -0.3 is 50.8 Å². The van der Waals surface area contributed by atoms with Crippen molar-refractivity contribution in [3.05, 3.63) is 113 Å². The number of nitrogen functional groups attached to an aromatic ring is 1. The summed E-state index contributed by atoms with van der Waals surface area (Å²) in [5.74, 6) is -0.451. The molecule has 0 radical (unpaired) electrons. The van der Waals surface area contributed by atoms with Crippen molar-refractivity contribution >= 4 is 134 Å². The molecule has 5 aromatic rings. The number of benzene rings is 4. The second kappa shape index (κ2) is 36.5. The SMILES string of the molecule is Br.C.C.CCSC(N)=NC(=S)Nc1ccc(N2CCN(CCOC)CC2)cc1.COCCN1CCN(c2ccc(Nc3nc(N)c(C(=O)c4ccc(OC)c(F)c4)s3)cc2)CC1.COc1ccc(C(=O)CBr)cc1F.P. The summed E-state index contributed by atoms with van der Waals surface area (Å²) >= 11 is 10.8. The minimum Gasteiger partial charge on any atom is -0.494 e. The Morgan fingerprint density at radius 3 is 1.66 bits per heavy atom. The lowest BCUT2D eigenvalue weighted by Gasteiger charge is -2.36. The molecule has 0 spiro atoms. The van der Waals surface area contributed by atoms with Crippen molar-refractivity contribution in [2.45, 2.75) is 21.8 Å². The maximum absolute atomic E-state index is 14.0. The van der Waals surface area contributed by atoms with Gasteiger partial charge in [-0.05, 0) is 103 Å². The van der Waals surface area contributed by atoms with Crippen LogP contribution in [0, 0.1) is 11.6 Å². The normalized spacial score (nSPS) is 13.3. The zero-order valence-electron chi connectivity index (χ0n) is 42.2. The number of thiazole rings is 1. The molecule has 3 heterocycles. The molecule has 0 amide bonds. The fourth-order valence-corrected chi connectivity index (χ4v) is 9.29. The molecule has 4 aromatic carbocycles. The minimum absolute atomic E-state index is 0. The lowest BCUT2D eigenvalue weighted by atomic mass is 10.1. The zero-order valence-corrected chi connectivity index (χ0v) is 49.4. The predicted octanol–water partition coefficient (Wildman–Crippen LogP) is 10.2. The van der Waals surface area contributed by atoms with E-state index in [1.165, 1.54) is 62.0 Å². The molecule has 2 aliphatic rings. The molecule has 2 saturated heterocycles. The van der Waals surface area contributed by atoms with Crippen LogP contribution in [0.2, 0.25) is 0 Å². The van der Waals surface area contributed by atoms with Gasteiger partial charge in [0, 0.05) is 114 Å². The number of rotatable bonds is 18. The third-order valence-corrected chi connectivity index (χ3v) is 13.7. The summed E-state index contributed by atoms with van der Waals surface area (Å²) in [6, 6.07) is 24.6. The minimum atomic E-state index is -0.605. The lowest BCUT2D eigenvalue weighted by Crippen LogP contribution is -2.47. The van der Waals surface area contributed by atoms with E-state index in [0.717, 1.165) is 119 Å². The first-order chi connectivity index (χ1) is 34.8. The molecule has 1 unspecified atom stereocenters. The number of halogens is 4. The molecule has 6 N–H and O–H groups in total. The van der Waals surface area contributed by atoms with Gasteiger partial charge >= 0.3 is 0 Å². The summed E-state index contributed by atoms with van der Waals surface area (Å²) < 4.78 is 47.0. The maximum atomic E-state index is 14.0. The second-order valence-corrected chi connectivity index (χ2v) is 19.2. The Labute approximate surface area is 483 Å². The van der Waals surface area contributed by atoms with Crippen molar-refractivity contribution in [2.75, 3.05) is 144 Å². The largest absolute Gasteiger partial charge is 0.494 e. The monoisotopic (exact) mass is 1260 g/mol. The van der Waals surface area contributed by atoms with Gasteiger partial charge in [-0.3, -0.25) is 19.4 Å². The number of anilines is 6. The smallest absolute Gasteiger partial charge is 0.206 e. The highest BCUT2D eigenvalue weighted by atomic mass is 79.9. The van der Waals surface area contributed by atoms with E-state index >= 15 is 0 Å². The topological polar surface area (TPSA) is 185 Å². The predicted molar refractivity (Wildman–Crippen MR) is 332 cm³/mol. The Kier molecular flexibility index (Phi) is 33.4. The number of nitrogens with two attached hydrogens (primary N) is 2. The van der Waals surface area contributed by atoms with E-state index in [1.54, 1.807) is 14.2 Å². The standard InChI is InChI=1S/C24H28FN5O3S.C17H27N5OS2.C9H8BrFO2.2CH4.BrH.H3P/c1-32-14-13-29-9-11-30(12-10-29)18-6-4-17(5-7-18)27-24-28-23(26)22(34-24)21(31)16-3-8-20(33-2)19(25)15-16;1-3-25-16(18)20-17(24)19-14-4-6-15(7-5-14)22-10-8-21(9-11-22)12-13-23-2;1-13-9-3-2-6(4-7(9)11)8(12)5-10;;;;/h3-8,15H,9-14,26H2,1-2H3,(H,27,28);4-7H,3,8-13H2,1-2H3,(H3,18,19,20,24);2-4H,5H2,1H3;2*1H4;1H;1H3. The number of aliphatic imine (C=N–C) groups is 1. The third kappa shape index (κ3) is 21.7. The van der Waals surface area contributed by atoms with Crippen molar-refractivity contribution in [3.63, 3.8) is 0 Å². The highest BCUT2D eigenvalue weighted by molar-refractivity contribution is 9.09. The summed E-state index contributed by atoms with van der Waals surface area (Å²) in [7, 11) is 6.23. The summed E-state index contributed by atoms with van der Waals surface area (Å²) in [4.78, 5) is 42.2. The number of hydrogen-bond acceptors (Lipinski definition) is 16. The average molecular weight is 1260 g/mol. The number of nitrogens with zero attached hydrogens (tertiary/aromatic N) is 6. The van der Waals surface area contributed by atoms with Crippen LogP contribution in [0.3, 0.4) is 0 Å². The average Bonchev–Trinajstić information content (AvgIpc) is 3.76. The number of nitrogens with one attached hydrogen (secondary N) is 2. The first-order valence-corrected chi connectivity index (χ1v) is 26.4. The number of carbonyl (C=O) groups excluding carboxylic acids is 2. The molecule has 420 valence electrons. The van der Waals surface area contributed by atoms with Crippen LogP contribution in [-0.2, 0) is 9.47 Å². The van der Waals surface area contributed by atoms with E-state index in [1.807, 2.05) is 31.2 Å². The molecular formula is C52H75Br2F2N10O6PS3. The van der Waals surface area contributed by atoms with Crippen LogP contribution in [0.4, 0.5) is 42.5 Å². The first-order valence-electron chi connectivity index (χ1n) is 23.0. The third-order valence-electron chi connectivity index (χ3n) is 11.3. The number of aromatic nitrogens is 1. The van der Waals surface area contributed by atoms with Gasteiger partial charge in [0.15, 0.2) is 44.3 Å². The van der Waals surface area contributed by atoms with Crippen LogP contribution in [-0.4, -0.2) is 155 Å². The Balaban J connectivity index is 0.000000607. The van der Waals surface area contributed by atoms with E-state index in [2.05, 4.69) is 80.4 Å². The van der Waals surface area contributed by atoms with E-state index in [9.17, 15) is 18.4 Å². The van der Waals surface area contributed by atoms with Crippen molar-refractivity contribution in [1.29, 1.82) is 0 Å². The number of alkyl halides is 1.